The maximum absolute atomic E-state index is 12.2. The lowest BCUT2D eigenvalue weighted by Gasteiger charge is -2.02. The van der Waals surface area contributed by atoms with E-state index in [0.717, 1.165) is 21.2 Å². The fourth-order valence-electron chi connectivity index (χ4n) is 2.70. The number of carbonyl (C=O) groups is 1. The van der Waals surface area contributed by atoms with Crippen molar-refractivity contribution >= 4 is 62.6 Å². The van der Waals surface area contributed by atoms with E-state index in [0.29, 0.717) is 20.7 Å². The molecule has 7 heteroatoms. The number of aliphatic imine (C=N–C) groups is 1. The zero-order valence-electron chi connectivity index (χ0n) is 14.4. The number of hydrogen-bond donors (Lipinski definition) is 0. The lowest BCUT2D eigenvalue weighted by atomic mass is 10.1. The molecule has 1 aromatic heterocycles. The highest BCUT2D eigenvalue weighted by atomic mass is 35.5. The zero-order chi connectivity index (χ0) is 19.1. The largest absolute Gasteiger partial charge is 0.495 e. The number of ether oxygens (including phenoxy) is 2. The number of thiophene rings is 1. The summed E-state index contributed by atoms with van der Waals surface area (Å²) in [6.45, 7) is 2.00. The Balaban J connectivity index is 1.77. The molecule has 0 saturated carbocycles. The van der Waals surface area contributed by atoms with E-state index in [9.17, 15) is 4.79 Å². The van der Waals surface area contributed by atoms with Crippen LogP contribution in [0, 0.1) is 6.92 Å². The summed E-state index contributed by atoms with van der Waals surface area (Å²) in [5.41, 5.74) is 2.23. The highest BCUT2D eigenvalue weighted by Crippen LogP contribution is 2.44. The van der Waals surface area contributed by atoms with Gasteiger partial charge in [-0.1, -0.05) is 53.0 Å². The van der Waals surface area contributed by atoms with Crippen molar-refractivity contribution in [1.29, 1.82) is 0 Å². The standard InChI is InChI=1S/C20H13Cl2NO3S/c1-10-3-5-11(6-4-10)9-13-20(24)26-19(23-13)18-15(21)12-7-8-14(25-2)16(22)17(12)27-18/h3-9H,1-2H3/b13-9-. The number of aryl methyl sites for hydroxylation is 1. The molecule has 27 heavy (non-hydrogen) atoms. The maximum atomic E-state index is 12.2. The van der Waals surface area contributed by atoms with Gasteiger partial charge in [-0.2, -0.15) is 0 Å². The minimum Gasteiger partial charge on any atom is -0.495 e. The van der Waals surface area contributed by atoms with Crippen LogP contribution in [0.1, 0.15) is 16.0 Å². The molecule has 0 saturated heterocycles. The molecular formula is C20H13Cl2NO3S. The Labute approximate surface area is 169 Å². The Morgan fingerprint density at radius 1 is 1.11 bits per heavy atom. The first-order valence-electron chi connectivity index (χ1n) is 8.02. The van der Waals surface area contributed by atoms with Gasteiger partial charge in [0, 0.05) is 5.39 Å². The fraction of sp³-hybridized carbons (Fsp3) is 0.100. The number of cyclic esters (lactones) is 1. The summed E-state index contributed by atoms with van der Waals surface area (Å²) in [4.78, 5) is 17.1. The Kier molecular flexibility index (Phi) is 4.68. The lowest BCUT2D eigenvalue weighted by molar-refractivity contribution is -0.129. The van der Waals surface area contributed by atoms with E-state index in [4.69, 9.17) is 32.7 Å². The average Bonchev–Trinajstić information content (AvgIpc) is 3.18. The number of halogens is 2. The molecule has 0 unspecified atom stereocenters. The number of methoxy groups -OCH3 is 1. The molecule has 1 aliphatic heterocycles. The number of hydrogen-bond acceptors (Lipinski definition) is 5. The molecule has 4 nitrogen and oxygen atoms in total. The van der Waals surface area contributed by atoms with Crippen LogP contribution in [-0.4, -0.2) is 19.0 Å². The summed E-state index contributed by atoms with van der Waals surface area (Å²) in [5.74, 6) is 0.223. The van der Waals surface area contributed by atoms with Crippen molar-refractivity contribution in [1.82, 2.24) is 0 Å². The van der Waals surface area contributed by atoms with E-state index in [-0.39, 0.29) is 11.6 Å². The number of esters is 1. The van der Waals surface area contributed by atoms with Crippen LogP contribution in [0.15, 0.2) is 47.1 Å². The van der Waals surface area contributed by atoms with Crippen LogP contribution in [0.25, 0.3) is 16.2 Å². The Hall–Kier alpha value is -2.34. The van der Waals surface area contributed by atoms with Crippen molar-refractivity contribution < 1.29 is 14.3 Å². The Morgan fingerprint density at radius 2 is 1.85 bits per heavy atom. The minimum atomic E-state index is -0.511. The fourth-order valence-corrected chi connectivity index (χ4v) is 4.52. The molecule has 0 aliphatic carbocycles. The monoisotopic (exact) mass is 417 g/mol. The molecule has 4 rings (SSSR count). The van der Waals surface area contributed by atoms with Gasteiger partial charge in [0.2, 0.25) is 5.90 Å². The number of rotatable bonds is 3. The molecule has 0 N–H and O–H groups in total. The molecule has 0 radical (unpaired) electrons. The summed E-state index contributed by atoms with van der Waals surface area (Å²) in [6, 6.07) is 11.3. The summed E-state index contributed by atoms with van der Waals surface area (Å²) in [5, 5.41) is 1.67. The highest BCUT2D eigenvalue weighted by molar-refractivity contribution is 7.22. The molecular weight excluding hydrogens is 405 g/mol. The maximum Gasteiger partial charge on any atom is 0.363 e. The molecule has 0 fully saturated rings. The molecule has 2 heterocycles. The average molecular weight is 418 g/mol. The van der Waals surface area contributed by atoms with Crippen molar-refractivity contribution in [2.24, 2.45) is 4.99 Å². The van der Waals surface area contributed by atoms with Gasteiger partial charge in [-0.15, -0.1) is 11.3 Å². The molecule has 136 valence electrons. The third-order valence-corrected chi connectivity index (χ3v) is 6.32. The van der Waals surface area contributed by atoms with Gasteiger partial charge in [0.25, 0.3) is 0 Å². The third kappa shape index (κ3) is 3.23. The molecule has 0 atom stereocenters. The van der Waals surface area contributed by atoms with Crippen molar-refractivity contribution in [3.63, 3.8) is 0 Å². The van der Waals surface area contributed by atoms with Crippen molar-refractivity contribution in [2.75, 3.05) is 7.11 Å². The first kappa shape index (κ1) is 18.0. The topological polar surface area (TPSA) is 47.9 Å². The van der Waals surface area contributed by atoms with Crippen LogP contribution in [0.4, 0.5) is 0 Å². The molecule has 0 spiro atoms. The predicted octanol–water partition coefficient (Wildman–Crippen LogP) is 5.87. The first-order valence-corrected chi connectivity index (χ1v) is 9.59. The normalized spacial score (nSPS) is 15.3. The number of benzene rings is 2. The van der Waals surface area contributed by atoms with Gasteiger partial charge in [-0.3, -0.25) is 0 Å². The van der Waals surface area contributed by atoms with Gasteiger partial charge in [0.05, 0.1) is 16.8 Å². The van der Waals surface area contributed by atoms with Crippen molar-refractivity contribution in [2.45, 2.75) is 6.92 Å². The molecule has 0 bridgehead atoms. The number of carbonyl (C=O) groups excluding carboxylic acids is 1. The Morgan fingerprint density at radius 3 is 2.56 bits per heavy atom. The van der Waals surface area contributed by atoms with Gasteiger partial charge in [0.15, 0.2) is 5.70 Å². The third-order valence-electron chi connectivity index (χ3n) is 4.12. The highest BCUT2D eigenvalue weighted by Gasteiger charge is 2.28. The van der Waals surface area contributed by atoms with Crippen LogP contribution in [0.3, 0.4) is 0 Å². The van der Waals surface area contributed by atoms with Gasteiger partial charge in [-0.05, 0) is 30.7 Å². The minimum absolute atomic E-state index is 0.180. The van der Waals surface area contributed by atoms with Crippen molar-refractivity contribution in [3.8, 4) is 5.75 Å². The van der Waals surface area contributed by atoms with Gasteiger partial charge >= 0.3 is 5.97 Å². The second-order valence-corrected chi connectivity index (χ2v) is 7.73. The van der Waals surface area contributed by atoms with Gasteiger partial charge in [-0.25, -0.2) is 9.79 Å². The van der Waals surface area contributed by atoms with E-state index in [1.54, 1.807) is 19.3 Å². The van der Waals surface area contributed by atoms with E-state index in [1.807, 2.05) is 37.3 Å². The van der Waals surface area contributed by atoms with E-state index in [1.165, 1.54) is 11.3 Å². The SMILES string of the molecule is COc1ccc2c(Cl)c(C3=N/C(=C\c4ccc(C)cc4)C(=O)O3)sc2c1Cl. The smallest absolute Gasteiger partial charge is 0.363 e. The summed E-state index contributed by atoms with van der Waals surface area (Å²) in [6.07, 6.45) is 1.69. The first-order chi connectivity index (χ1) is 13.0. The van der Waals surface area contributed by atoms with Crippen LogP contribution in [-0.2, 0) is 9.53 Å². The predicted molar refractivity (Wildman–Crippen MR) is 110 cm³/mol. The van der Waals surface area contributed by atoms with E-state index >= 15 is 0 Å². The second kappa shape index (κ2) is 7.00. The zero-order valence-corrected chi connectivity index (χ0v) is 16.7. The van der Waals surface area contributed by atoms with Crippen LogP contribution >= 0.6 is 34.5 Å². The summed E-state index contributed by atoms with van der Waals surface area (Å²) >= 11 is 14.2. The second-order valence-electron chi connectivity index (χ2n) is 5.95. The van der Waals surface area contributed by atoms with Crippen LogP contribution in [0.5, 0.6) is 5.75 Å². The number of fused-ring (bicyclic) bond motifs is 1. The van der Waals surface area contributed by atoms with Crippen LogP contribution < -0.4 is 4.74 Å². The molecule has 0 amide bonds. The number of nitrogens with zero attached hydrogens (tertiary/aromatic N) is 1. The Bertz CT molecular complexity index is 1130. The summed E-state index contributed by atoms with van der Waals surface area (Å²) in [7, 11) is 1.55. The molecule has 3 aromatic rings. The van der Waals surface area contributed by atoms with Gasteiger partial charge in [0.1, 0.15) is 15.6 Å². The van der Waals surface area contributed by atoms with Gasteiger partial charge < -0.3 is 9.47 Å². The summed E-state index contributed by atoms with van der Waals surface area (Å²) < 4.78 is 11.4. The lowest BCUT2D eigenvalue weighted by Crippen LogP contribution is -2.04. The van der Waals surface area contributed by atoms with E-state index in [2.05, 4.69) is 4.99 Å². The van der Waals surface area contributed by atoms with Crippen molar-refractivity contribution in [3.05, 3.63) is 68.1 Å². The van der Waals surface area contributed by atoms with Crippen LogP contribution in [0.2, 0.25) is 10.0 Å². The van der Waals surface area contributed by atoms with E-state index < -0.39 is 5.97 Å². The molecule has 2 aromatic carbocycles. The molecule has 1 aliphatic rings. The quantitative estimate of drug-likeness (QED) is 0.395.